The first-order chi connectivity index (χ1) is 9.50. The molecule has 0 saturated carbocycles. The molecule has 1 atom stereocenters. The maximum absolute atomic E-state index is 13.3. The molecule has 106 valence electrons. The van der Waals surface area contributed by atoms with Gasteiger partial charge in [0.25, 0.3) is 0 Å². The van der Waals surface area contributed by atoms with Gasteiger partial charge < -0.3 is 5.11 Å². The number of halogens is 1. The van der Waals surface area contributed by atoms with Gasteiger partial charge in [0.05, 0.1) is 11.0 Å². The van der Waals surface area contributed by atoms with E-state index >= 15 is 0 Å². The Morgan fingerprint density at radius 1 is 1.60 bits per heavy atom. The lowest BCUT2D eigenvalue weighted by molar-refractivity contribution is -0.148. The fraction of sp³-hybridized carbons (Fsp3) is 0.467. The molecule has 1 N–H and O–H groups in total. The predicted molar refractivity (Wildman–Crippen MR) is 71.4 cm³/mol. The Morgan fingerprint density at radius 2 is 2.35 bits per heavy atom. The fourth-order valence-electron chi connectivity index (χ4n) is 2.72. The number of nitrogens with zero attached hydrogens (tertiary/aromatic N) is 2. The van der Waals surface area contributed by atoms with E-state index in [0.29, 0.717) is 32.5 Å². The van der Waals surface area contributed by atoms with Crippen molar-refractivity contribution in [2.45, 2.75) is 26.3 Å². The summed E-state index contributed by atoms with van der Waals surface area (Å²) in [5.41, 5.74) is 0.194. The zero-order valence-electron chi connectivity index (χ0n) is 11.4. The molecule has 1 heterocycles. The van der Waals surface area contributed by atoms with Crippen molar-refractivity contribution >= 4 is 5.97 Å². The van der Waals surface area contributed by atoms with Crippen molar-refractivity contribution in [1.82, 2.24) is 4.90 Å². The Kier molecular flexibility index (Phi) is 4.05. The molecule has 0 amide bonds. The number of likely N-dealkylation sites (tertiary alicyclic amines) is 1. The Hall–Kier alpha value is -1.93. The second-order valence-corrected chi connectivity index (χ2v) is 5.33. The summed E-state index contributed by atoms with van der Waals surface area (Å²) in [4.78, 5) is 13.4. The third-order valence-corrected chi connectivity index (χ3v) is 4.12. The van der Waals surface area contributed by atoms with Gasteiger partial charge in [0.15, 0.2) is 0 Å². The summed E-state index contributed by atoms with van der Waals surface area (Å²) in [5, 5.41) is 18.2. The van der Waals surface area contributed by atoms with Crippen LogP contribution in [0.15, 0.2) is 18.2 Å². The van der Waals surface area contributed by atoms with Crippen LogP contribution in [-0.4, -0.2) is 29.1 Å². The standard InChI is InChI=1S/C15H17FN2O2/c1-2-15(14(19)20)5-6-18(10-15)9-11-3-4-13(16)12(7-11)8-17/h3-4,7H,2,5-6,9-10H2,1H3,(H,19,20). The largest absolute Gasteiger partial charge is 0.481 e. The molecule has 1 aliphatic heterocycles. The number of benzene rings is 1. The van der Waals surface area contributed by atoms with Crippen LogP contribution in [0.1, 0.15) is 30.9 Å². The van der Waals surface area contributed by atoms with E-state index in [1.165, 1.54) is 12.1 Å². The van der Waals surface area contributed by atoms with Crippen LogP contribution in [0.2, 0.25) is 0 Å². The van der Waals surface area contributed by atoms with E-state index in [2.05, 4.69) is 0 Å². The number of carbonyl (C=O) groups is 1. The van der Waals surface area contributed by atoms with Crippen molar-refractivity contribution in [2.75, 3.05) is 13.1 Å². The highest BCUT2D eigenvalue weighted by molar-refractivity contribution is 5.75. The second-order valence-electron chi connectivity index (χ2n) is 5.33. The zero-order chi connectivity index (χ0) is 14.8. The summed E-state index contributed by atoms with van der Waals surface area (Å²) in [6, 6.07) is 6.28. The number of hydrogen-bond donors (Lipinski definition) is 1. The van der Waals surface area contributed by atoms with Crippen LogP contribution in [0.3, 0.4) is 0 Å². The third-order valence-electron chi connectivity index (χ3n) is 4.12. The molecule has 20 heavy (non-hydrogen) atoms. The van der Waals surface area contributed by atoms with Gasteiger partial charge >= 0.3 is 5.97 Å². The lowest BCUT2D eigenvalue weighted by Gasteiger charge is -2.23. The van der Waals surface area contributed by atoms with Crippen LogP contribution in [0, 0.1) is 22.6 Å². The molecule has 1 aromatic carbocycles. The summed E-state index contributed by atoms with van der Waals surface area (Å²) < 4.78 is 13.3. The van der Waals surface area contributed by atoms with E-state index in [1.54, 1.807) is 6.07 Å². The first-order valence-corrected chi connectivity index (χ1v) is 6.65. The summed E-state index contributed by atoms with van der Waals surface area (Å²) in [5.74, 6) is -1.27. The topological polar surface area (TPSA) is 64.3 Å². The van der Waals surface area contributed by atoms with Gasteiger partial charge in [-0.05, 0) is 37.1 Å². The Labute approximate surface area is 117 Å². The highest BCUT2D eigenvalue weighted by atomic mass is 19.1. The quantitative estimate of drug-likeness (QED) is 0.917. The van der Waals surface area contributed by atoms with E-state index in [9.17, 15) is 14.3 Å². The predicted octanol–water partition coefficient (Wildman–Crippen LogP) is 2.38. The molecule has 0 radical (unpaired) electrons. The van der Waals surface area contributed by atoms with Gasteiger partial charge in [0.1, 0.15) is 11.9 Å². The summed E-state index contributed by atoms with van der Waals surface area (Å²) in [7, 11) is 0. The van der Waals surface area contributed by atoms with Crippen LogP contribution in [0.25, 0.3) is 0 Å². The molecule has 0 aromatic heterocycles. The number of hydrogen-bond acceptors (Lipinski definition) is 3. The summed E-state index contributed by atoms with van der Waals surface area (Å²) >= 11 is 0. The van der Waals surface area contributed by atoms with Crippen LogP contribution in [0.5, 0.6) is 0 Å². The first-order valence-electron chi connectivity index (χ1n) is 6.65. The van der Waals surface area contributed by atoms with Crippen LogP contribution < -0.4 is 0 Å². The maximum Gasteiger partial charge on any atom is 0.310 e. The van der Waals surface area contributed by atoms with E-state index < -0.39 is 17.2 Å². The number of rotatable bonds is 4. The van der Waals surface area contributed by atoms with E-state index in [4.69, 9.17) is 5.26 Å². The lowest BCUT2D eigenvalue weighted by Crippen LogP contribution is -2.33. The van der Waals surface area contributed by atoms with Gasteiger partial charge in [-0.1, -0.05) is 13.0 Å². The zero-order valence-corrected chi connectivity index (χ0v) is 11.4. The molecular formula is C15H17FN2O2. The van der Waals surface area contributed by atoms with E-state index in [0.717, 1.165) is 5.56 Å². The number of nitriles is 1. The molecule has 0 bridgehead atoms. The molecule has 2 rings (SSSR count). The van der Waals surface area contributed by atoms with Crippen molar-refractivity contribution in [1.29, 1.82) is 5.26 Å². The molecule has 4 nitrogen and oxygen atoms in total. The molecule has 1 aliphatic rings. The van der Waals surface area contributed by atoms with Gasteiger partial charge in [0, 0.05) is 13.1 Å². The summed E-state index contributed by atoms with van der Waals surface area (Å²) in [6.45, 7) is 3.64. The van der Waals surface area contributed by atoms with Gasteiger partial charge in [-0.2, -0.15) is 5.26 Å². The van der Waals surface area contributed by atoms with Crippen molar-refractivity contribution in [3.63, 3.8) is 0 Å². The maximum atomic E-state index is 13.3. The monoisotopic (exact) mass is 276 g/mol. The Morgan fingerprint density at radius 3 is 2.90 bits per heavy atom. The normalized spacial score (nSPS) is 22.6. The smallest absolute Gasteiger partial charge is 0.310 e. The van der Waals surface area contributed by atoms with Crippen LogP contribution in [0.4, 0.5) is 4.39 Å². The SMILES string of the molecule is CCC1(C(=O)O)CCN(Cc2ccc(F)c(C#N)c2)C1. The van der Waals surface area contributed by atoms with Gasteiger partial charge in [-0.3, -0.25) is 9.69 Å². The average molecular weight is 276 g/mol. The molecule has 0 aliphatic carbocycles. The third kappa shape index (κ3) is 2.66. The van der Waals surface area contributed by atoms with E-state index in [1.807, 2.05) is 17.9 Å². The van der Waals surface area contributed by atoms with Crippen LogP contribution in [-0.2, 0) is 11.3 Å². The number of carboxylic acids is 1. The Balaban J connectivity index is 2.09. The minimum Gasteiger partial charge on any atom is -0.481 e. The highest BCUT2D eigenvalue weighted by Gasteiger charge is 2.43. The molecule has 1 saturated heterocycles. The lowest BCUT2D eigenvalue weighted by atomic mass is 9.84. The molecular weight excluding hydrogens is 259 g/mol. The first kappa shape index (κ1) is 14.5. The van der Waals surface area contributed by atoms with Crippen LogP contribution >= 0.6 is 0 Å². The second kappa shape index (κ2) is 5.59. The fourth-order valence-corrected chi connectivity index (χ4v) is 2.72. The van der Waals surface area contributed by atoms with Crippen molar-refractivity contribution in [3.8, 4) is 6.07 Å². The molecule has 5 heteroatoms. The number of aliphatic carboxylic acids is 1. The molecule has 1 aromatic rings. The van der Waals surface area contributed by atoms with Crippen molar-refractivity contribution < 1.29 is 14.3 Å². The van der Waals surface area contributed by atoms with Crippen molar-refractivity contribution in [3.05, 3.63) is 35.1 Å². The average Bonchev–Trinajstić information content (AvgIpc) is 2.85. The van der Waals surface area contributed by atoms with Gasteiger partial charge in [-0.25, -0.2) is 4.39 Å². The molecule has 1 unspecified atom stereocenters. The van der Waals surface area contributed by atoms with E-state index in [-0.39, 0.29) is 5.56 Å². The van der Waals surface area contributed by atoms with Gasteiger partial charge in [0.2, 0.25) is 0 Å². The molecule has 1 fully saturated rings. The minimum absolute atomic E-state index is 0.0293. The minimum atomic E-state index is -0.751. The summed E-state index contributed by atoms with van der Waals surface area (Å²) in [6.07, 6.45) is 1.23. The van der Waals surface area contributed by atoms with Gasteiger partial charge in [-0.15, -0.1) is 0 Å². The Bertz CT molecular complexity index is 567. The number of carboxylic acid groups (broad SMARTS) is 1. The highest BCUT2D eigenvalue weighted by Crippen LogP contribution is 2.34. The molecule has 0 spiro atoms. The van der Waals surface area contributed by atoms with Crippen molar-refractivity contribution in [2.24, 2.45) is 5.41 Å².